The van der Waals surface area contributed by atoms with E-state index in [9.17, 15) is 10.1 Å². The molecule has 2 rings (SSSR count). The van der Waals surface area contributed by atoms with Gasteiger partial charge in [-0.05, 0) is 48.8 Å². The monoisotopic (exact) mass is 410 g/mol. The summed E-state index contributed by atoms with van der Waals surface area (Å²) in [6.07, 6.45) is 2.22. The molecule has 1 aliphatic heterocycles. The third-order valence-corrected chi connectivity index (χ3v) is 4.33. The summed E-state index contributed by atoms with van der Waals surface area (Å²) in [7, 11) is 0. The van der Waals surface area contributed by atoms with E-state index in [1.807, 2.05) is 29.5 Å². The average Bonchev–Trinajstić information content (AvgIpc) is 2.76. The van der Waals surface area contributed by atoms with E-state index in [1.165, 1.54) is 0 Å². The maximum atomic E-state index is 11.3. The second-order valence-corrected chi connectivity index (χ2v) is 6.13. The van der Waals surface area contributed by atoms with Gasteiger partial charge in [-0.15, -0.1) is 5.10 Å². The van der Waals surface area contributed by atoms with Gasteiger partial charge < -0.3 is 15.2 Å². The summed E-state index contributed by atoms with van der Waals surface area (Å²) in [4.78, 5) is 10.8. The van der Waals surface area contributed by atoms with Gasteiger partial charge in [0.15, 0.2) is 3.70 Å². The first-order valence-electron chi connectivity index (χ1n) is 6.89. The molecule has 0 aliphatic carbocycles. The summed E-state index contributed by atoms with van der Waals surface area (Å²) in [5.41, 5.74) is 5.59. The molecule has 0 saturated carbocycles. The summed E-state index contributed by atoms with van der Waals surface area (Å²) >= 11 is 1.96. The van der Waals surface area contributed by atoms with Crippen LogP contribution < -0.4 is 10.5 Å². The molecule has 0 unspecified atom stereocenters. The number of nitro groups is 1. The fraction of sp³-hybridized carbons (Fsp3) is 0.750. The summed E-state index contributed by atoms with van der Waals surface area (Å²) in [5, 5.41) is 15.6. The minimum absolute atomic E-state index is 0.0132. The Morgan fingerprint density at radius 3 is 2.86 bits per heavy atom. The van der Waals surface area contributed by atoms with Crippen LogP contribution in [-0.4, -0.2) is 40.6 Å². The predicted molar refractivity (Wildman–Crippen MR) is 84.4 cm³/mol. The number of nitrogens with two attached hydrogens (primary N) is 1. The van der Waals surface area contributed by atoms with E-state index in [0.717, 1.165) is 12.8 Å². The summed E-state index contributed by atoms with van der Waals surface area (Å²) < 4.78 is 13.0. The first-order chi connectivity index (χ1) is 10.0. The highest BCUT2D eigenvalue weighted by Gasteiger charge is 2.31. The largest absolute Gasteiger partial charge is 0.472 e. The molecule has 0 amide bonds. The molecule has 1 aliphatic rings. The van der Waals surface area contributed by atoms with Crippen molar-refractivity contribution in [2.45, 2.75) is 38.3 Å². The molecule has 0 aromatic carbocycles. The molecule has 0 bridgehead atoms. The van der Waals surface area contributed by atoms with Gasteiger partial charge in [0.2, 0.25) is 0 Å². The Kier molecular flexibility index (Phi) is 5.76. The van der Waals surface area contributed by atoms with Crippen molar-refractivity contribution in [2.24, 2.45) is 5.73 Å². The van der Waals surface area contributed by atoms with Crippen LogP contribution in [0, 0.1) is 13.8 Å². The maximum absolute atomic E-state index is 11.3. The van der Waals surface area contributed by atoms with Crippen LogP contribution in [0.4, 0.5) is 5.69 Å². The van der Waals surface area contributed by atoms with Gasteiger partial charge in [0.1, 0.15) is 0 Å². The first kappa shape index (κ1) is 16.4. The smallest absolute Gasteiger partial charge is 0.363 e. The van der Waals surface area contributed by atoms with Crippen molar-refractivity contribution >= 4 is 28.3 Å². The van der Waals surface area contributed by atoms with E-state index < -0.39 is 4.92 Å². The van der Waals surface area contributed by atoms with E-state index in [-0.39, 0.29) is 23.7 Å². The van der Waals surface area contributed by atoms with Crippen molar-refractivity contribution in [3.63, 3.8) is 0 Å². The number of hydrogen-bond acceptors (Lipinski definition) is 6. The predicted octanol–water partition coefficient (Wildman–Crippen LogP) is 1.86. The van der Waals surface area contributed by atoms with Crippen molar-refractivity contribution in [1.29, 1.82) is 0 Å². The average molecular weight is 410 g/mol. The van der Waals surface area contributed by atoms with Crippen LogP contribution in [-0.2, 0) is 4.74 Å². The van der Waals surface area contributed by atoms with E-state index in [2.05, 4.69) is 5.10 Å². The zero-order chi connectivity index (χ0) is 15.4. The molecular formula is C12H19IN4O4. The fourth-order valence-corrected chi connectivity index (χ4v) is 3.08. The molecular weight excluding hydrogens is 391 g/mol. The van der Waals surface area contributed by atoms with Gasteiger partial charge in [0.25, 0.3) is 0 Å². The Morgan fingerprint density at radius 1 is 1.62 bits per heavy atom. The molecule has 1 saturated heterocycles. The Morgan fingerprint density at radius 2 is 2.29 bits per heavy atom. The van der Waals surface area contributed by atoms with Gasteiger partial charge in [-0.1, -0.05) is 0 Å². The van der Waals surface area contributed by atoms with Gasteiger partial charge in [-0.2, -0.15) is 0 Å². The summed E-state index contributed by atoms with van der Waals surface area (Å²) in [6.45, 7) is 3.48. The minimum atomic E-state index is -0.439. The van der Waals surface area contributed by atoms with Gasteiger partial charge in [-0.25, -0.2) is 4.68 Å². The molecule has 0 radical (unpaired) electrons. The van der Waals surface area contributed by atoms with E-state index in [1.54, 1.807) is 4.68 Å². The third-order valence-electron chi connectivity index (χ3n) is 3.33. The lowest BCUT2D eigenvalue weighted by atomic mass is 10.1. The molecule has 118 valence electrons. The van der Waals surface area contributed by atoms with Crippen molar-refractivity contribution < 1.29 is 14.4 Å². The van der Waals surface area contributed by atoms with Crippen LogP contribution in [0.5, 0.6) is 5.88 Å². The number of nitrogens with zero attached hydrogens (tertiary/aromatic N) is 3. The van der Waals surface area contributed by atoms with Crippen molar-refractivity contribution in [2.75, 3.05) is 19.8 Å². The van der Waals surface area contributed by atoms with Crippen LogP contribution >= 0.6 is 22.6 Å². The highest BCUT2D eigenvalue weighted by molar-refractivity contribution is 14.1. The van der Waals surface area contributed by atoms with Crippen LogP contribution in [0.1, 0.15) is 32.2 Å². The number of aromatic nitrogens is 2. The number of ether oxygens (including phenoxy) is 2. The molecule has 1 atom stereocenters. The molecule has 1 aromatic rings. The van der Waals surface area contributed by atoms with Crippen LogP contribution in [0.3, 0.4) is 0 Å². The number of rotatable bonds is 6. The molecule has 8 nitrogen and oxygen atoms in total. The molecule has 2 heterocycles. The quantitative estimate of drug-likeness (QED) is 0.436. The van der Waals surface area contributed by atoms with Gasteiger partial charge in [0.05, 0.1) is 17.6 Å². The highest BCUT2D eigenvalue weighted by atomic mass is 127. The second-order valence-electron chi connectivity index (χ2n) is 5.10. The molecule has 1 fully saturated rings. The first-order valence-corrected chi connectivity index (χ1v) is 7.97. The summed E-state index contributed by atoms with van der Waals surface area (Å²) in [5.74, 6) is 0.0801. The van der Waals surface area contributed by atoms with Gasteiger partial charge in [0, 0.05) is 19.3 Å². The number of hydrogen-bond donors (Lipinski definition) is 1. The van der Waals surface area contributed by atoms with Crippen molar-refractivity contribution in [3.05, 3.63) is 13.8 Å². The lowest BCUT2D eigenvalue weighted by molar-refractivity contribution is -0.387. The number of halogens is 1. The van der Waals surface area contributed by atoms with E-state index in [4.69, 9.17) is 15.2 Å². The van der Waals surface area contributed by atoms with E-state index >= 15 is 0 Å². The van der Waals surface area contributed by atoms with Crippen LogP contribution in [0.15, 0.2) is 0 Å². The Labute approximate surface area is 136 Å². The second kappa shape index (κ2) is 7.36. The SMILES string of the molecule is C[C@@H](N)CCOc1nn(C2CCOCC2)c(I)c1[N+](=O)[O-]. The lowest BCUT2D eigenvalue weighted by Gasteiger charge is -2.22. The summed E-state index contributed by atoms with van der Waals surface area (Å²) in [6, 6.07) is 0.107. The van der Waals surface area contributed by atoms with Crippen LogP contribution in [0.25, 0.3) is 0 Å². The Hall–Kier alpha value is -0.940. The maximum Gasteiger partial charge on any atom is 0.363 e. The third kappa shape index (κ3) is 4.04. The Balaban J connectivity index is 2.20. The minimum Gasteiger partial charge on any atom is -0.472 e. The van der Waals surface area contributed by atoms with Gasteiger partial charge >= 0.3 is 11.6 Å². The highest BCUT2D eigenvalue weighted by Crippen LogP contribution is 2.35. The molecule has 9 heteroatoms. The zero-order valence-corrected chi connectivity index (χ0v) is 14.0. The van der Waals surface area contributed by atoms with E-state index in [0.29, 0.717) is 29.9 Å². The molecule has 0 spiro atoms. The fourth-order valence-electron chi connectivity index (χ4n) is 2.15. The van der Waals surface area contributed by atoms with Crippen molar-refractivity contribution in [1.82, 2.24) is 9.78 Å². The lowest BCUT2D eigenvalue weighted by Crippen LogP contribution is -2.21. The Bertz CT molecular complexity index is 500. The zero-order valence-electron chi connectivity index (χ0n) is 11.8. The normalized spacial score (nSPS) is 17.7. The molecule has 1 aromatic heterocycles. The molecule has 2 N–H and O–H groups in total. The van der Waals surface area contributed by atoms with Crippen molar-refractivity contribution in [3.8, 4) is 5.88 Å². The van der Waals surface area contributed by atoms with Gasteiger partial charge in [-0.3, -0.25) is 10.1 Å². The van der Waals surface area contributed by atoms with Crippen LogP contribution in [0.2, 0.25) is 0 Å². The standard InChI is InChI=1S/C12H19IN4O4/c1-8(14)2-7-21-12-10(17(18)19)11(13)16(15-12)9-3-5-20-6-4-9/h8-9H,2-7,14H2,1H3/t8-/m1/s1. The molecule has 21 heavy (non-hydrogen) atoms. The topological polar surface area (TPSA) is 105 Å².